The van der Waals surface area contributed by atoms with Crippen molar-refractivity contribution in [3.05, 3.63) is 39.8 Å². The molecule has 1 N–H and O–H groups in total. The van der Waals surface area contributed by atoms with E-state index in [1.54, 1.807) is 6.20 Å². The molecule has 7 heteroatoms. The predicted octanol–water partition coefficient (Wildman–Crippen LogP) is 2.35. The van der Waals surface area contributed by atoms with Crippen molar-refractivity contribution in [2.45, 2.75) is 38.9 Å². The van der Waals surface area contributed by atoms with Crippen LogP contribution in [0.1, 0.15) is 34.3 Å². The molecule has 0 radical (unpaired) electrons. The van der Waals surface area contributed by atoms with E-state index in [1.165, 1.54) is 9.75 Å². The zero-order chi connectivity index (χ0) is 17.9. The predicted molar refractivity (Wildman–Crippen MR) is 101 cm³/mol. The second-order valence-electron chi connectivity index (χ2n) is 7.27. The standard InChI is InChI=1S/C19H26N4O2S/c1-14-2-3-17(26-14)12-22-11-16-4-7-21-23(16)18(13-22)19(24)20-10-15-5-8-25-9-6-15/h2-4,7,15,18H,5-6,8-13H2,1H3,(H,20,24). The lowest BCUT2D eigenvalue weighted by Gasteiger charge is -2.33. The van der Waals surface area contributed by atoms with Crippen LogP contribution in [0.2, 0.25) is 0 Å². The Balaban J connectivity index is 1.41. The maximum absolute atomic E-state index is 12.9. The van der Waals surface area contributed by atoms with E-state index in [4.69, 9.17) is 4.74 Å². The van der Waals surface area contributed by atoms with Gasteiger partial charge in [-0.05, 0) is 43.9 Å². The highest BCUT2D eigenvalue weighted by atomic mass is 32.1. The van der Waals surface area contributed by atoms with Crippen molar-refractivity contribution in [1.29, 1.82) is 0 Å². The van der Waals surface area contributed by atoms with Crippen LogP contribution in [0.4, 0.5) is 0 Å². The van der Waals surface area contributed by atoms with E-state index in [0.717, 1.165) is 51.4 Å². The highest BCUT2D eigenvalue weighted by molar-refractivity contribution is 7.11. The number of amides is 1. The average Bonchev–Trinajstić information content (AvgIpc) is 3.28. The second-order valence-corrected chi connectivity index (χ2v) is 8.64. The fourth-order valence-electron chi connectivity index (χ4n) is 3.78. The van der Waals surface area contributed by atoms with Gasteiger partial charge in [0, 0.05) is 55.3 Å². The SMILES string of the molecule is Cc1ccc(CN2Cc3ccnn3C(C(=O)NCC3CCOCC3)C2)s1. The van der Waals surface area contributed by atoms with Crippen molar-refractivity contribution in [2.75, 3.05) is 26.3 Å². The van der Waals surface area contributed by atoms with Crippen molar-refractivity contribution < 1.29 is 9.53 Å². The number of hydrogen-bond acceptors (Lipinski definition) is 5. The lowest BCUT2D eigenvalue weighted by atomic mass is 10.0. The summed E-state index contributed by atoms with van der Waals surface area (Å²) in [5.41, 5.74) is 1.11. The van der Waals surface area contributed by atoms with Gasteiger partial charge in [0.2, 0.25) is 5.91 Å². The van der Waals surface area contributed by atoms with E-state index in [2.05, 4.69) is 34.4 Å². The maximum atomic E-state index is 12.9. The molecule has 2 aliphatic heterocycles. The number of aryl methyl sites for hydroxylation is 1. The number of carbonyl (C=O) groups is 1. The third kappa shape index (κ3) is 4.00. The minimum absolute atomic E-state index is 0.0773. The second kappa shape index (κ2) is 7.90. The van der Waals surface area contributed by atoms with Gasteiger partial charge in [0.1, 0.15) is 6.04 Å². The summed E-state index contributed by atoms with van der Waals surface area (Å²) >= 11 is 1.83. The Morgan fingerprint density at radius 1 is 1.35 bits per heavy atom. The van der Waals surface area contributed by atoms with Crippen LogP contribution in [0.5, 0.6) is 0 Å². The first-order chi connectivity index (χ1) is 12.7. The number of thiophene rings is 1. The molecule has 6 nitrogen and oxygen atoms in total. The first-order valence-corrected chi connectivity index (χ1v) is 10.2. The van der Waals surface area contributed by atoms with Gasteiger partial charge in [-0.25, -0.2) is 0 Å². The molecule has 1 amide bonds. The molecule has 2 aromatic rings. The van der Waals surface area contributed by atoms with Gasteiger partial charge in [-0.1, -0.05) is 0 Å². The molecule has 4 heterocycles. The monoisotopic (exact) mass is 374 g/mol. The Bertz CT molecular complexity index is 750. The van der Waals surface area contributed by atoms with Crippen molar-refractivity contribution in [3.8, 4) is 0 Å². The first kappa shape index (κ1) is 17.7. The molecule has 0 saturated carbocycles. The number of aromatic nitrogens is 2. The first-order valence-electron chi connectivity index (χ1n) is 9.34. The summed E-state index contributed by atoms with van der Waals surface area (Å²) in [6, 6.07) is 6.11. The van der Waals surface area contributed by atoms with Crippen molar-refractivity contribution in [2.24, 2.45) is 5.92 Å². The van der Waals surface area contributed by atoms with Crippen molar-refractivity contribution >= 4 is 17.2 Å². The van der Waals surface area contributed by atoms with Crippen LogP contribution in [0.25, 0.3) is 0 Å². The fourth-order valence-corrected chi connectivity index (χ4v) is 4.71. The van der Waals surface area contributed by atoms with Gasteiger partial charge in [0.05, 0.1) is 5.69 Å². The molecule has 0 spiro atoms. The van der Waals surface area contributed by atoms with E-state index < -0.39 is 0 Å². The zero-order valence-corrected chi connectivity index (χ0v) is 16.0. The van der Waals surface area contributed by atoms with E-state index >= 15 is 0 Å². The van der Waals surface area contributed by atoms with Gasteiger partial charge >= 0.3 is 0 Å². The molecule has 4 rings (SSSR count). The summed E-state index contributed by atoms with van der Waals surface area (Å²) in [6.07, 6.45) is 3.86. The van der Waals surface area contributed by atoms with Crippen LogP contribution in [-0.2, 0) is 22.6 Å². The number of fused-ring (bicyclic) bond motifs is 1. The maximum Gasteiger partial charge on any atom is 0.246 e. The Morgan fingerprint density at radius 2 is 2.19 bits per heavy atom. The molecule has 140 valence electrons. The van der Waals surface area contributed by atoms with Crippen molar-refractivity contribution in [3.63, 3.8) is 0 Å². The van der Waals surface area contributed by atoms with Gasteiger partial charge in [0.15, 0.2) is 0 Å². The van der Waals surface area contributed by atoms with Crippen LogP contribution in [0.3, 0.4) is 0 Å². The van der Waals surface area contributed by atoms with Crippen LogP contribution in [0.15, 0.2) is 24.4 Å². The molecule has 2 aliphatic rings. The van der Waals surface area contributed by atoms with Gasteiger partial charge < -0.3 is 10.1 Å². The van der Waals surface area contributed by atoms with Crippen LogP contribution in [-0.4, -0.2) is 46.9 Å². The smallest absolute Gasteiger partial charge is 0.246 e. The van der Waals surface area contributed by atoms with Crippen LogP contribution in [0, 0.1) is 12.8 Å². The normalized spacial score (nSPS) is 21.5. The van der Waals surface area contributed by atoms with Gasteiger partial charge in [0.25, 0.3) is 0 Å². The molecule has 2 aromatic heterocycles. The molecular weight excluding hydrogens is 348 g/mol. The van der Waals surface area contributed by atoms with Crippen LogP contribution >= 0.6 is 11.3 Å². The molecule has 1 unspecified atom stereocenters. The summed E-state index contributed by atoms with van der Waals surface area (Å²) in [7, 11) is 0. The number of ether oxygens (including phenoxy) is 1. The number of carbonyl (C=O) groups excluding carboxylic acids is 1. The van der Waals surface area contributed by atoms with Gasteiger partial charge in [-0.15, -0.1) is 11.3 Å². The Labute approximate surface area is 158 Å². The van der Waals surface area contributed by atoms with Gasteiger partial charge in [-0.2, -0.15) is 5.10 Å². The quantitative estimate of drug-likeness (QED) is 0.873. The number of nitrogens with one attached hydrogen (secondary N) is 1. The number of rotatable bonds is 5. The Kier molecular flexibility index (Phi) is 5.38. The van der Waals surface area contributed by atoms with Gasteiger partial charge in [-0.3, -0.25) is 14.4 Å². The molecule has 1 saturated heterocycles. The average molecular weight is 375 g/mol. The minimum atomic E-state index is -0.255. The van der Waals surface area contributed by atoms with Crippen LogP contribution < -0.4 is 5.32 Å². The third-order valence-corrected chi connectivity index (χ3v) is 6.23. The van der Waals surface area contributed by atoms with E-state index in [-0.39, 0.29) is 11.9 Å². The molecular formula is C19H26N4O2S. The summed E-state index contributed by atoms with van der Waals surface area (Å²) in [5, 5.41) is 7.57. The zero-order valence-electron chi connectivity index (χ0n) is 15.2. The lowest BCUT2D eigenvalue weighted by Crippen LogP contribution is -2.45. The summed E-state index contributed by atoms with van der Waals surface area (Å²) in [6.45, 7) is 6.90. The van der Waals surface area contributed by atoms with E-state index in [1.807, 2.05) is 22.1 Å². The largest absolute Gasteiger partial charge is 0.381 e. The fraction of sp³-hybridized carbons (Fsp3) is 0.579. The lowest BCUT2D eigenvalue weighted by molar-refractivity contribution is -0.126. The Morgan fingerprint density at radius 3 is 2.96 bits per heavy atom. The molecule has 0 bridgehead atoms. The molecule has 1 fully saturated rings. The molecule has 26 heavy (non-hydrogen) atoms. The van der Waals surface area contributed by atoms with E-state index in [0.29, 0.717) is 12.5 Å². The van der Waals surface area contributed by atoms with E-state index in [9.17, 15) is 4.79 Å². The summed E-state index contributed by atoms with van der Waals surface area (Å²) in [4.78, 5) is 17.9. The number of nitrogens with zero attached hydrogens (tertiary/aromatic N) is 3. The molecule has 0 aliphatic carbocycles. The third-order valence-electron chi connectivity index (χ3n) is 5.25. The minimum Gasteiger partial charge on any atom is -0.381 e. The number of hydrogen-bond donors (Lipinski definition) is 1. The Hall–Kier alpha value is -1.70. The summed E-state index contributed by atoms with van der Waals surface area (Å²) in [5.74, 6) is 0.604. The van der Waals surface area contributed by atoms with Crippen molar-refractivity contribution in [1.82, 2.24) is 20.0 Å². The highest BCUT2D eigenvalue weighted by Crippen LogP contribution is 2.25. The summed E-state index contributed by atoms with van der Waals surface area (Å²) < 4.78 is 7.30. The molecule has 0 aromatic carbocycles. The topological polar surface area (TPSA) is 59.4 Å². The highest BCUT2D eigenvalue weighted by Gasteiger charge is 2.31. The molecule has 1 atom stereocenters.